The van der Waals surface area contributed by atoms with Crippen LogP contribution >= 0.6 is 0 Å². The highest BCUT2D eigenvalue weighted by Crippen LogP contribution is 2.36. The maximum Gasteiger partial charge on any atom is 0.161 e. The molecular formula is C17H27NO3. The Morgan fingerprint density at radius 3 is 2.52 bits per heavy atom. The third kappa shape index (κ3) is 3.89. The first-order chi connectivity index (χ1) is 10.2. The van der Waals surface area contributed by atoms with E-state index >= 15 is 0 Å². The molecule has 1 aliphatic heterocycles. The average Bonchev–Trinajstić information content (AvgIpc) is 2.89. The molecule has 1 N–H and O–H groups in total. The molecule has 0 amide bonds. The minimum absolute atomic E-state index is 0.282. The topological polar surface area (TPSA) is 39.7 Å². The zero-order chi connectivity index (χ0) is 15.2. The number of ether oxygens (including phenoxy) is 3. The molecule has 0 radical (unpaired) electrons. The number of rotatable bonds is 7. The third-order valence-electron chi connectivity index (χ3n) is 3.94. The van der Waals surface area contributed by atoms with Crippen molar-refractivity contribution in [2.75, 3.05) is 26.9 Å². The van der Waals surface area contributed by atoms with Crippen LogP contribution in [0.25, 0.3) is 0 Å². The van der Waals surface area contributed by atoms with Crippen LogP contribution in [0.3, 0.4) is 0 Å². The average molecular weight is 293 g/mol. The lowest BCUT2D eigenvalue weighted by Crippen LogP contribution is -2.25. The molecule has 0 bridgehead atoms. The van der Waals surface area contributed by atoms with Gasteiger partial charge in [-0.05, 0) is 51.9 Å². The fraction of sp³-hybridized carbons (Fsp3) is 0.647. The molecule has 21 heavy (non-hydrogen) atoms. The molecule has 3 unspecified atom stereocenters. The zero-order valence-electron chi connectivity index (χ0n) is 13.5. The van der Waals surface area contributed by atoms with Crippen LogP contribution in [0, 0.1) is 5.92 Å². The highest BCUT2D eigenvalue weighted by Gasteiger charge is 2.30. The van der Waals surface area contributed by atoms with Crippen LogP contribution in [-0.4, -0.2) is 33.0 Å². The highest BCUT2D eigenvalue weighted by molar-refractivity contribution is 5.44. The molecule has 1 aromatic rings. The normalized spacial score (nSPS) is 23.0. The van der Waals surface area contributed by atoms with E-state index < -0.39 is 0 Å². The van der Waals surface area contributed by atoms with E-state index in [-0.39, 0.29) is 6.04 Å². The van der Waals surface area contributed by atoms with Crippen LogP contribution < -0.4 is 14.8 Å². The SMILES string of the molecule is CCOc1ccc(C(NC)C2COC(C)C2)cc1OCC. The monoisotopic (exact) mass is 293 g/mol. The van der Waals surface area contributed by atoms with Gasteiger partial charge in [-0.1, -0.05) is 6.07 Å². The fourth-order valence-corrected chi connectivity index (χ4v) is 3.02. The molecule has 118 valence electrons. The van der Waals surface area contributed by atoms with Crippen molar-refractivity contribution in [1.82, 2.24) is 5.32 Å². The maximum atomic E-state index is 5.72. The summed E-state index contributed by atoms with van der Waals surface area (Å²) in [5.41, 5.74) is 1.23. The lowest BCUT2D eigenvalue weighted by molar-refractivity contribution is 0.117. The Balaban J connectivity index is 2.22. The quantitative estimate of drug-likeness (QED) is 0.838. The number of nitrogens with one attached hydrogen (secondary N) is 1. The molecule has 0 spiro atoms. The van der Waals surface area contributed by atoms with Crippen molar-refractivity contribution in [2.24, 2.45) is 5.92 Å². The second-order valence-corrected chi connectivity index (χ2v) is 5.48. The molecule has 3 atom stereocenters. The summed E-state index contributed by atoms with van der Waals surface area (Å²) in [7, 11) is 2.00. The van der Waals surface area contributed by atoms with Crippen LogP contribution in [-0.2, 0) is 4.74 Å². The van der Waals surface area contributed by atoms with Gasteiger partial charge in [0.2, 0.25) is 0 Å². The van der Waals surface area contributed by atoms with Crippen molar-refractivity contribution in [3.8, 4) is 11.5 Å². The Labute approximate surface area is 127 Å². The molecular weight excluding hydrogens is 266 g/mol. The number of benzene rings is 1. The highest BCUT2D eigenvalue weighted by atomic mass is 16.5. The summed E-state index contributed by atoms with van der Waals surface area (Å²) >= 11 is 0. The molecule has 1 aromatic carbocycles. The van der Waals surface area contributed by atoms with Crippen LogP contribution in [0.2, 0.25) is 0 Å². The minimum atomic E-state index is 0.282. The first kappa shape index (κ1) is 16.1. The van der Waals surface area contributed by atoms with E-state index in [1.54, 1.807) is 0 Å². The van der Waals surface area contributed by atoms with Gasteiger partial charge < -0.3 is 19.5 Å². The molecule has 0 saturated carbocycles. The maximum absolute atomic E-state index is 5.72. The van der Waals surface area contributed by atoms with Gasteiger partial charge in [-0.3, -0.25) is 0 Å². The summed E-state index contributed by atoms with van der Waals surface area (Å²) in [5.74, 6) is 2.13. The van der Waals surface area contributed by atoms with E-state index in [4.69, 9.17) is 14.2 Å². The minimum Gasteiger partial charge on any atom is -0.490 e. The molecule has 1 aliphatic rings. The summed E-state index contributed by atoms with van der Waals surface area (Å²) in [6, 6.07) is 6.51. The Kier molecular flexibility index (Phi) is 5.88. The van der Waals surface area contributed by atoms with Crippen molar-refractivity contribution in [1.29, 1.82) is 0 Å². The Hall–Kier alpha value is -1.26. The summed E-state index contributed by atoms with van der Waals surface area (Å²) in [4.78, 5) is 0. The molecule has 1 saturated heterocycles. The first-order valence-electron chi connectivity index (χ1n) is 7.88. The van der Waals surface area contributed by atoms with Crippen LogP contribution in [0.5, 0.6) is 11.5 Å². The summed E-state index contributed by atoms with van der Waals surface area (Å²) in [5, 5.41) is 3.43. The third-order valence-corrected chi connectivity index (χ3v) is 3.94. The zero-order valence-corrected chi connectivity index (χ0v) is 13.5. The van der Waals surface area contributed by atoms with E-state index in [9.17, 15) is 0 Å². The van der Waals surface area contributed by atoms with Gasteiger partial charge >= 0.3 is 0 Å². The number of hydrogen-bond donors (Lipinski definition) is 1. The number of hydrogen-bond acceptors (Lipinski definition) is 4. The van der Waals surface area contributed by atoms with Gasteiger partial charge in [-0.2, -0.15) is 0 Å². The predicted molar refractivity (Wildman–Crippen MR) is 84.1 cm³/mol. The molecule has 4 heteroatoms. The van der Waals surface area contributed by atoms with E-state index in [0.717, 1.165) is 24.5 Å². The fourth-order valence-electron chi connectivity index (χ4n) is 3.02. The van der Waals surface area contributed by atoms with Gasteiger partial charge in [0, 0.05) is 12.0 Å². The summed E-state index contributed by atoms with van der Waals surface area (Å²) < 4.78 is 17.1. The Morgan fingerprint density at radius 2 is 1.95 bits per heavy atom. The summed E-state index contributed by atoms with van der Waals surface area (Å²) in [6.45, 7) is 8.20. The second-order valence-electron chi connectivity index (χ2n) is 5.48. The molecule has 2 rings (SSSR count). The van der Waals surface area contributed by atoms with Crippen molar-refractivity contribution in [3.63, 3.8) is 0 Å². The smallest absolute Gasteiger partial charge is 0.161 e. The molecule has 1 heterocycles. The largest absolute Gasteiger partial charge is 0.490 e. The second kappa shape index (κ2) is 7.66. The van der Waals surface area contributed by atoms with Crippen LogP contribution in [0.4, 0.5) is 0 Å². The van der Waals surface area contributed by atoms with E-state index in [2.05, 4.69) is 24.4 Å². The molecule has 1 fully saturated rings. The molecule has 0 aliphatic carbocycles. The Bertz CT molecular complexity index is 450. The van der Waals surface area contributed by atoms with Crippen molar-refractivity contribution >= 4 is 0 Å². The van der Waals surface area contributed by atoms with Gasteiger partial charge in [-0.15, -0.1) is 0 Å². The van der Waals surface area contributed by atoms with Crippen molar-refractivity contribution < 1.29 is 14.2 Å². The summed E-state index contributed by atoms with van der Waals surface area (Å²) in [6.07, 6.45) is 1.43. The van der Waals surface area contributed by atoms with Gasteiger partial charge in [-0.25, -0.2) is 0 Å². The lowest BCUT2D eigenvalue weighted by Gasteiger charge is -2.23. The van der Waals surface area contributed by atoms with Gasteiger partial charge in [0.25, 0.3) is 0 Å². The van der Waals surface area contributed by atoms with E-state index in [0.29, 0.717) is 25.2 Å². The first-order valence-corrected chi connectivity index (χ1v) is 7.88. The molecule has 4 nitrogen and oxygen atoms in total. The van der Waals surface area contributed by atoms with Crippen molar-refractivity contribution in [2.45, 2.75) is 39.3 Å². The van der Waals surface area contributed by atoms with E-state index in [1.165, 1.54) is 5.56 Å². The molecule has 0 aromatic heterocycles. The van der Waals surface area contributed by atoms with Gasteiger partial charge in [0.1, 0.15) is 0 Å². The van der Waals surface area contributed by atoms with Crippen molar-refractivity contribution in [3.05, 3.63) is 23.8 Å². The Morgan fingerprint density at radius 1 is 1.24 bits per heavy atom. The van der Waals surface area contributed by atoms with Gasteiger partial charge in [0.15, 0.2) is 11.5 Å². The van der Waals surface area contributed by atoms with Gasteiger partial charge in [0.05, 0.1) is 25.9 Å². The van der Waals surface area contributed by atoms with Crippen LogP contribution in [0.1, 0.15) is 38.8 Å². The standard InChI is InChI=1S/C17H27NO3/c1-5-19-15-8-7-13(10-16(15)20-6-2)17(18-4)14-9-12(3)21-11-14/h7-8,10,12,14,17-18H,5-6,9,11H2,1-4H3. The van der Waals surface area contributed by atoms with E-state index in [1.807, 2.05) is 27.0 Å². The predicted octanol–water partition coefficient (Wildman–Crippen LogP) is 3.17. The lowest BCUT2D eigenvalue weighted by atomic mass is 9.91. The van der Waals surface area contributed by atoms with Crippen LogP contribution in [0.15, 0.2) is 18.2 Å².